The lowest BCUT2D eigenvalue weighted by Gasteiger charge is -2.30. The number of carbonyl (C=O) groups excluding carboxylic acids is 1. The van der Waals surface area contributed by atoms with Crippen molar-refractivity contribution in [2.45, 2.75) is 5.79 Å². The van der Waals surface area contributed by atoms with Gasteiger partial charge in [0.05, 0.1) is 11.1 Å². The normalized spacial score (nSPS) is 18.1. The molecule has 0 N–H and O–H groups in total. The fourth-order valence-electron chi connectivity index (χ4n) is 3.59. The molecule has 0 bridgehead atoms. The molecule has 4 aromatic carbocycles. The van der Waals surface area contributed by atoms with Crippen LogP contribution in [-0.4, -0.2) is 5.97 Å². The van der Waals surface area contributed by atoms with E-state index in [1.165, 1.54) is 0 Å². The van der Waals surface area contributed by atoms with E-state index in [4.69, 9.17) is 9.47 Å². The quantitative estimate of drug-likeness (QED) is 0.470. The third kappa shape index (κ3) is 2.48. The van der Waals surface area contributed by atoms with Gasteiger partial charge in [0, 0.05) is 5.56 Å². The average molecular weight is 352 g/mol. The molecule has 0 aromatic heterocycles. The highest BCUT2D eigenvalue weighted by molar-refractivity contribution is 5.95. The first kappa shape index (κ1) is 15.6. The molecular formula is C24H16O3. The van der Waals surface area contributed by atoms with Gasteiger partial charge in [-0.15, -0.1) is 0 Å². The van der Waals surface area contributed by atoms with Gasteiger partial charge in [0.1, 0.15) is 5.75 Å². The summed E-state index contributed by atoms with van der Waals surface area (Å²) < 4.78 is 12.3. The second-order valence-corrected chi connectivity index (χ2v) is 6.53. The average Bonchev–Trinajstić information content (AvgIpc) is 3.02. The van der Waals surface area contributed by atoms with Gasteiger partial charge in [0.2, 0.25) is 0 Å². The lowest BCUT2D eigenvalue weighted by Crippen LogP contribution is -2.34. The first-order chi connectivity index (χ1) is 13.3. The summed E-state index contributed by atoms with van der Waals surface area (Å²) in [6.07, 6.45) is 0. The highest BCUT2D eigenvalue weighted by Gasteiger charge is 2.49. The molecule has 0 aliphatic carbocycles. The maximum Gasteiger partial charge on any atom is 0.342 e. The van der Waals surface area contributed by atoms with Crippen LogP contribution in [0.15, 0.2) is 97.1 Å². The van der Waals surface area contributed by atoms with E-state index in [9.17, 15) is 4.79 Å². The van der Waals surface area contributed by atoms with E-state index in [1.54, 1.807) is 6.07 Å². The number of ether oxygens (including phenoxy) is 2. The molecule has 0 amide bonds. The van der Waals surface area contributed by atoms with Crippen LogP contribution in [0.2, 0.25) is 0 Å². The summed E-state index contributed by atoms with van der Waals surface area (Å²) in [4.78, 5) is 12.6. The molecule has 1 aliphatic rings. The predicted molar refractivity (Wildman–Crippen MR) is 104 cm³/mol. The van der Waals surface area contributed by atoms with Crippen LogP contribution >= 0.6 is 0 Å². The topological polar surface area (TPSA) is 35.5 Å². The monoisotopic (exact) mass is 352 g/mol. The zero-order valence-corrected chi connectivity index (χ0v) is 14.5. The van der Waals surface area contributed by atoms with Crippen LogP contribution in [0.1, 0.15) is 21.5 Å². The molecule has 1 heterocycles. The van der Waals surface area contributed by atoms with E-state index in [0.29, 0.717) is 16.9 Å². The van der Waals surface area contributed by atoms with Gasteiger partial charge in [0.25, 0.3) is 0 Å². The largest absolute Gasteiger partial charge is 0.444 e. The van der Waals surface area contributed by atoms with Crippen LogP contribution in [-0.2, 0) is 10.5 Å². The molecule has 0 fully saturated rings. The van der Waals surface area contributed by atoms with E-state index in [2.05, 4.69) is 6.07 Å². The van der Waals surface area contributed by atoms with Gasteiger partial charge < -0.3 is 9.47 Å². The molecule has 4 aromatic rings. The Bertz CT molecular complexity index is 1150. The van der Waals surface area contributed by atoms with Crippen molar-refractivity contribution in [1.29, 1.82) is 0 Å². The summed E-state index contributed by atoms with van der Waals surface area (Å²) in [5.41, 5.74) is 2.02. The lowest BCUT2D eigenvalue weighted by molar-refractivity contribution is -0.108. The maximum atomic E-state index is 12.6. The summed E-state index contributed by atoms with van der Waals surface area (Å²) in [7, 11) is 0. The van der Waals surface area contributed by atoms with Crippen molar-refractivity contribution >= 4 is 16.7 Å². The van der Waals surface area contributed by atoms with Crippen molar-refractivity contribution in [3.63, 3.8) is 0 Å². The van der Waals surface area contributed by atoms with Crippen LogP contribution in [0.25, 0.3) is 10.8 Å². The Labute approximate surface area is 156 Å². The molecule has 3 heteroatoms. The summed E-state index contributed by atoms with van der Waals surface area (Å²) >= 11 is 0. The third-order valence-corrected chi connectivity index (χ3v) is 4.87. The number of benzene rings is 4. The number of cyclic esters (lactones) is 1. The minimum absolute atomic E-state index is 0.379. The van der Waals surface area contributed by atoms with Gasteiger partial charge >= 0.3 is 11.8 Å². The Kier molecular flexibility index (Phi) is 3.47. The fourth-order valence-corrected chi connectivity index (χ4v) is 3.59. The van der Waals surface area contributed by atoms with Gasteiger partial charge in [-0.3, -0.25) is 0 Å². The molecule has 1 aliphatic heterocycles. The lowest BCUT2D eigenvalue weighted by atomic mass is 9.95. The standard InChI is InChI=1S/C24H16O3/c25-23-21-12-6-7-13-22(21)24(27-23,19-10-2-1-3-11-19)26-20-15-14-17-8-4-5-9-18(17)16-20/h1-16H/t24-/m0/s1. The predicted octanol–water partition coefficient (Wildman–Crippen LogP) is 5.29. The fraction of sp³-hybridized carbons (Fsp3) is 0.0417. The van der Waals surface area contributed by atoms with Crippen molar-refractivity contribution in [2.75, 3.05) is 0 Å². The number of fused-ring (bicyclic) bond motifs is 2. The number of rotatable bonds is 3. The molecule has 0 saturated heterocycles. The second-order valence-electron chi connectivity index (χ2n) is 6.53. The Balaban J connectivity index is 1.69. The maximum absolute atomic E-state index is 12.6. The number of hydrogen-bond donors (Lipinski definition) is 0. The molecule has 0 spiro atoms. The van der Waals surface area contributed by atoms with Crippen LogP contribution < -0.4 is 4.74 Å². The van der Waals surface area contributed by atoms with Gasteiger partial charge in [-0.1, -0.05) is 72.8 Å². The Morgan fingerprint density at radius 1 is 0.704 bits per heavy atom. The molecule has 0 radical (unpaired) electrons. The first-order valence-electron chi connectivity index (χ1n) is 8.82. The van der Waals surface area contributed by atoms with Crippen LogP contribution in [0.3, 0.4) is 0 Å². The minimum atomic E-state index is -1.29. The van der Waals surface area contributed by atoms with Crippen LogP contribution in [0.5, 0.6) is 5.75 Å². The molecule has 0 saturated carbocycles. The summed E-state index contributed by atoms with van der Waals surface area (Å²) in [5.74, 6) is -1.03. The third-order valence-electron chi connectivity index (χ3n) is 4.87. The zero-order chi connectivity index (χ0) is 18.3. The minimum Gasteiger partial charge on any atom is -0.444 e. The summed E-state index contributed by atoms with van der Waals surface area (Å²) in [5, 5.41) is 2.19. The smallest absolute Gasteiger partial charge is 0.342 e. The van der Waals surface area contributed by atoms with Crippen molar-refractivity contribution in [3.05, 3.63) is 114 Å². The van der Waals surface area contributed by atoms with Crippen molar-refractivity contribution in [3.8, 4) is 5.75 Å². The molecule has 3 nitrogen and oxygen atoms in total. The molecule has 130 valence electrons. The van der Waals surface area contributed by atoms with E-state index >= 15 is 0 Å². The van der Waals surface area contributed by atoms with E-state index in [1.807, 2.05) is 84.9 Å². The number of hydrogen-bond acceptors (Lipinski definition) is 3. The van der Waals surface area contributed by atoms with E-state index < -0.39 is 5.79 Å². The van der Waals surface area contributed by atoms with E-state index in [0.717, 1.165) is 16.3 Å². The summed E-state index contributed by atoms with van der Waals surface area (Å²) in [6, 6.07) is 30.9. The van der Waals surface area contributed by atoms with Gasteiger partial charge in [-0.05, 0) is 35.0 Å². The Morgan fingerprint density at radius 2 is 1.41 bits per heavy atom. The van der Waals surface area contributed by atoms with Crippen molar-refractivity contribution in [1.82, 2.24) is 0 Å². The van der Waals surface area contributed by atoms with Crippen molar-refractivity contribution < 1.29 is 14.3 Å². The van der Waals surface area contributed by atoms with Crippen LogP contribution in [0, 0.1) is 0 Å². The molecule has 5 rings (SSSR count). The second kappa shape index (κ2) is 5.99. The summed E-state index contributed by atoms with van der Waals surface area (Å²) in [6.45, 7) is 0. The van der Waals surface area contributed by atoms with Gasteiger partial charge in [0.15, 0.2) is 0 Å². The van der Waals surface area contributed by atoms with E-state index in [-0.39, 0.29) is 5.97 Å². The highest BCUT2D eigenvalue weighted by Crippen LogP contribution is 2.43. The molecule has 27 heavy (non-hydrogen) atoms. The molecular weight excluding hydrogens is 336 g/mol. The van der Waals surface area contributed by atoms with Crippen molar-refractivity contribution in [2.24, 2.45) is 0 Å². The van der Waals surface area contributed by atoms with Gasteiger partial charge in [-0.2, -0.15) is 0 Å². The Morgan fingerprint density at radius 3 is 2.26 bits per heavy atom. The SMILES string of the molecule is O=C1O[C@@](Oc2ccc3ccccc3c2)(c2ccccc2)c2ccccc21. The first-order valence-corrected chi connectivity index (χ1v) is 8.82. The molecule has 0 unspecified atom stereocenters. The Hall–Kier alpha value is -3.59. The molecule has 1 atom stereocenters. The van der Waals surface area contributed by atoms with Gasteiger partial charge in [-0.25, -0.2) is 4.79 Å². The number of carbonyl (C=O) groups is 1. The highest BCUT2D eigenvalue weighted by atomic mass is 16.7. The number of esters is 1. The zero-order valence-electron chi connectivity index (χ0n) is 14.5. The van der Waals surface area contributed by atoms with Crippen LogP contribution in [0.4, 0.5) is 0 Å².